The molecular weight excluding hydrogens is 310 g/mol. The number of rotatable bonds is 6. The summed E-state index contributed by atoms with van der Waals surface area (Å²) in [5, 5.41) is 12.3. The third-order valence-corrected chi connectivity index (χ3v) is 5.08. The van der Waals surface area contributed by atoms with Crippen LogP contribution < -0.4 is 0 Å². The largest absolute Gasteiger partial charge is 0.503 e. The molecule has 1 aliphatic heterocycles. The van der Waals surface area contributed by atoms with E-state index < -0.39 is 0 Å². The van der Waals surface area contributed by atoms with Gasteiger partial charge in [0.1, 0.15) is 0 Å². The lowest BCUT2D eigenvalue weighted by Gasteiger charge is -2.27. The van der Waals surface area contributed by atoms with Gasteiger partial charge < -0.3 is 14.6 Å². The van der Waals surface area contributed by atoms with Crippen molar-refractivity contribution in [3.63, 3.8) is 0 Å². The third kappa shape index (κ3) is 3.03. The molecule has 0 radical (unpaired) electrons. The minimum Gasteiger partial charge on any atom is -0.503 e. The second kappa shape index (κ2) is 6.58. The van der Waals surface area contributed by atoms with Crippen LogP contribution in [0.2, 0.25) is 0 Å². The molecule has 122 valence electrons. The van der Waals surface area contributed by atoms with E-state index in [4.69, 9.17) is 0 Å². The van der Waals surface area contributed by atoms with Crippen molar-refractivity contribution in [1.82, 2.24) is 14.5 Å². The first-order chi connectivity index (χ1) is 11.1. The zero-order chi connectivity index (χ0) is 16.4. The summed E-state index contributed by atoms with van der Waals surface area (Å²) >= 11 is 1.63. The number of imidazole rings is 1. The highest BCUT2D eigenvalue weighted by atomic mass is 32.1. The Labute approximate surface area is 139 Å². The molecule has 3 rings (SSSR count). The Kier molecular flexibility index (Phi) is 4.52. The Morgan fingerprint density at radius 3 is 2.83 bits per heavy atom. The van der Waals surface area contributed by atoms with Gasteiger partial charge in [0.15, 0.2) is 5.76 Å². The van der Waals surface area contributed by atoms with Crippen molar-refractivity contribution in [2.24, 2.45) is 5.92 Å². The average Bonchev–Trinajstić information content (AvgIpc) is 3.23. The quantitative estimate of drug-likeness (QED) is 0.883. The van der Waals surface area contributed by atoms with Crippen LogP contribution in [-0.4, -0.2) is 32.0 Å². The summed E-state index contributed by atoms with van der Waals surface area (Å²) in [5.74, 6) is -0.191. The number of carbonyl (C=O) groups is 1. The topological polar surface area (TPSA) is 58.4 Å². The Morgan fingerprint density at radius 2 is 2.22 bits per heavy atom. The molecule has 0 spiro atoms. The van der Waals surface area contributed by atoms with E-state index in [9.17, 15) is 9.90 Å². The van der Waals surface area contributed by atoms with Gasteiger partial charge in [0, 0.05) is 35.9 Å². The Balaban J connectivity index is 1.79. The first-order valence-corrected chi connectivity index (χ1v) is 8.70. The summed E-state index contributed by atoms with van der Waals surface area (Å²) in [7, 11) is 0. The van der Waals surface area contributed by atoms with E-state index in [1.165, 1.54) is 0 Å². The number of aliphatic hydroxyl groups is 1. The van der Waals surface area contributed by atoms with E-state index in [1.54, 1.807) is 28.8 Å². The Morgan fingerprint density at radius 1 is 1.39 bits per heavy atom. The van der Waals surface area contributed by atoms with Gasteiger partial charge in [-0.25, -0.2) is 4.98 Å². The van der Waals surface area contributed by atoms with E-state index in [0.29, 0.717) is 6.54 Å². The van der Waals surface area contributed by atoms with Crippen LogP contribution in [0.5, 0.6) is 0 Å². The molecule has 3 heterocycles. The fourth-order valence-electron chi connectivity index (χ4n) is 3.09. The highest BCUT2D eigenvalue weighted by Gasteiger charge is 2.41. The number of nitrogens with zero attached hydrogens (tertiary/aromatic N) is 3. The molecule has 0 fully saturated rings. The lowest BCUT2D eigenvalue weighted by molar-refractivity contribution is -0.129. The summed E-state index contributed by atoms with van der Waals surface area (Å²) in [6, 6.07) is 3.89. The average molecular weight is 331 g/mol. The molecule has 0 aromatic carbocycles. The first kappa shape index (κ1) is 15.8. The number of thiophene rings is 1. The van der Waals surface area contributed by atoms with Gasteiger partial charge in [0.05, 0.1) is 12.4 Å². The highest BCUT2D eigenvalue weighted by molar-refractivity contribution is 7.10. The molecule has 1 atom stereocenters. The molecule has 0 saturated heterocycles. The van der Waals surface area contributed by atoms with Crippen molar-refractivity contribution in [2.75, 3.05) is 6.54 Å². The molecule has 0 bridgehead atoms. The van der Waals surface area contributed by atoms with Crippen LogP contribution in [0.4, 0.5) is 0 Å². The number of amides is 1. The van der Waals surface area contributed by atoms with E-state index >= 15 is 0 Å². The summed E-state index contributed by atoms with van der Waals surface area (Å²) < 4.78 is 2.00. The lowest BCUT2D eigenvalue weighted by atomic mass is 9.95. The zero-order valence-electron chi connectivity index (χ0n) is 13.3. The van der Waals surface area contributed by atoms with Gasteiger partial charge in [-0.2, -0.15) is 0 Å². The maximum Gasteiger partial charge on any atom is 0.289 e. The molecule has 6 heteroatoms. The molecule has 0 aliphatic carbocycles. The minimum absolute atomic E-state index is 0.0685. The Hall–Kier alpha value is -2.08. The molecule has 1 unspecified atom stereocenters. The van der Waals surface area contributed by atoms with Gasteiger partial charge in [-0.15, -0.1) is 11.3 Å². The zero-order valence-corrected chi connectivity index (χ0v) is 14.2. The summed E-state index contributed by atoms with van der Waals surface area (Å²) in [6.45, 7) is 5.46. The Bertz CT molecular complexity index is 690. The normalized spacial score (nSPS) is 18.5. The number of hydrogen-bond acceptors (Lipinski definition) is 4. The van der Waals surface area contributed by atoms with Gasteiger partial charge in [0.2, 0.25) is 0 Å². The fraction of sp³-hybridized carbons (Fsp3) is 0.412. The van der Waals surface area contributed by atoms with Gasteiger partial charge in [-0.05, 0) is 23.8 Å². The number of aryl methyl sites for hydroxylation is 1. The van der Waals surface area contributed by atoms with Crippen molar-refractivity contribution >= 4 is 17.2 Å². The van der Waals surface area contributed by atoms with Crippen molar-refractivity contribution < 1.29 is 9.90 Å². The van der Waals surface area contributed by atoms with Crippen LogP contribution in [0.25, 0.3) is 0 Å². The predicted molar refractivity (Wildman–Crippen MR) is 90.1 cm³/mol. The van der Waals surface area contributed by atoms with Crippen LogP contribution >= 0.6 is 11.3 Å². The minimum atomic E-state index is -0.252. The summed E-state index contributed by atoms with van der Waals surface area (Å²) in [6.07, 6.45) is 6.26. The molecule has 1 aliphatic rings. The molecule has 1 amide bonds. The molecule has 2 aromatic heterocycles. The molecule has 2 aromatic rings. The maximum atomic E-state index is 12.5. The third-order valence-electron chi connectivity index (χ3n) is 4.15. The van der Waals surface area contributed by atoms with Gasteiger partial charge >= 0.3 is 0 Å². The van der Waals surface area contributed by atoms with E-state index in [1.807, 2.05) is 42.1 Å². The van der Waals surface area contributed by atoms with Crippen LogP contribution in [-0.2, 0) is 11.3 Å². The molecule has 23 heavy (non-hydrogen) atoms. The standard InChI is InChI=1S/C17H21N3O2S/c1-12(2)14-15(13-5-3-10-23-13)20(17(22)16(14)21)8-4-7-19-9-6-18-11-19/h3,5-6,9-12,15,21H,4,7-8H2,1-2H3. The van der Waals surface area contributed by atoms with Crippen LogP contribution in [0.15, 0.2) is 47.6 Å². The van der Waals surface area contributed by atoms with Crippen molar-refractivity contribution in [3.05, 3.63) is 52.4 Å². The van der Waals surface area contributed by atoms with E-state index in [2.05, 4.69) is 4.98 Å². The van der Waals surface area contributed by atoms with Crippen molar-refractivity contribution in [1.29, 1.82) is 0 Å². The molecular formula is C17H21N3O2S. The smallest absolute Gasteiger partial charge is 0.289 e. The number of hydrogen-bond donors (Lipinski definition) is 1. The van der Waals surface area contributed by atoms with Crippen LogP contribution in [0.3, 0.4) is 0 Å². The van der Waals surface area contributed by atoms with E-state index in [-0.39, 0.29) is 23.6 Å². The summed E-state index contributed by atoms with van der Waals surface area (Å²) in [4.78, 5) is 19.5. The number of aromatic nitrogens is 2. The van der Waals surface area contributed by atoms with E-state index in [0.717, 1.165) is 23.4 Å². The molecule has 5 nitrogen and oxygen atoms in total. The molecule has 1 N–H and O–H groups in total. The maximum absolute atomic E-state index is 12.5. The lowest BCUT2D eigenvalue weighted by Crippen LogP contribution is -2.31. The first-order valence-electron chi connectivity index (χ1n) is 7.82. The van der Waals surface area contributed by atoms with Gasteiger partial charge in [0.25, 0.3) is 5.91 Å². The van der Waals surface area contributed by atoms with Crippen LogP contribution in [0.1, 0.15) is 31.2 Å². The monoisotopic (exact) mass is 331 g/mol. The fourth-order valence-corrected chi connectivity index (χ4v) is 3.94. The van der Waals surface area contributed by atoms with Gasteiger partial charge in [-0.1, -0.05) is 19.9 Å². The summed E-state index contributed by atoms with van der Waals surface area (Å²) in [5.41, 5.74) is 0.833. The van der Waals surface area contributed by atoms with Gasteiger partial charge in [-0.3, -0.25) is 4.79 Å². The second-order valence-electron chi connectivity index (χ2n) is 6.03. The second-order valence-corrected chi connectivity index (χ2v) is 7.01. The molecule has 0 saturated carbocycles. The number of carbonyl (C=O) groups excluding carboxylic acids is 1. The van der Waals surface area contributed by atoms with Crippen molar-refractivity contribution in [2.45, 2.75) is 32.9 Å². The van der Waals surface area contributed by atoms with Crippen molar-refractivity contribution in [3.8, 4) is 0 Å². The van der Waals surface area contributed by atoms with Crippen LogP contribution in [0, 0.1) is 5.92 Å². The number of aliphatic hydroxyl groups excluding tert-OH is 1. The highest BCUT2D eigenvalue weighted by Crippen LogP contribution is 2.42. The SMILES string of the molecule is CC(C)C1=C(O)C(=O)N(CCCn2ccnc2)C1c1cccs1. The predicted octanol–water partition coefficient (Wildman–Crippen LogP) is 3.39.